The second-order valence-corrected chi connectivity index (χ2v) is 11.7. The zero-order valence-corrected chi connectivity index (χ0v) is 24.7. The summed E-state index contributed by atoms with van der Waals surface area (Å²) in [6.45, 7) is 1.91. The quantitative estimate of drug-likeness (QED) is 0.169. The number of hydrogen-bond acceptors (Lipinski definition) is 4. The monoisotopic (exact) mass is 611 g/mol. The number of aromatic nitrogens is 1. The van der Waals surface area contributed by atoms with Crippen LogP contribution in [-0.4, -0.2) is 14.5 Å². The zero-order chi connectivity index (χ0) is 31.7. The lowest BCUT2D eigenvalue weighted by molar-refractivity contribution is 0.112. The van der Waals surface area contributed by atoms with Gasteiger partial charge in [-0.2, -0.15) is 10.5 Å². The highest BCUT2D eigenvalue weighted by molar-refractivity contribution is 7.83. The summed E-state index contributed by atoms with van der Waals surface area (Å²) in [5, 5.41) is 21.0. The molecule has 45 heavy (non-hydrogen) atoms. The summed E-state index contributed by atoms with van der Waals surface area (Å²) in [5.74, 6) is 0. The van der Waals surface area contributed by atoms with Crippen LogP contribution >= 0.6 is 0 Å². The summed E-state index contributed by atoms with van der Waals surface area (Å²) in [7, 11) is -1.92. The first-order valence-corrected chi connectivity index (χ1v) is 15.0. The molecule has 0 aliphatic carbocycles. The number of aryl methyl sites for hydroxylation is 1. The van der Waals surface area contributed by atoms with Crippen molar-refractivity contribution in [1.82, 2.24) is 3.97 Å². The molecule has 1 aromatic heterocycles. The third kappa shape index (κ3) is 5.22. The predicted molar refractivity (Wildman–Crippen MR) is 171 cm³/mol. The Hall–Kier alpha value is -5.70. The van der Waals surface area contributed by atoms with E-state index < -0.39 is 17.4 Å². The van der Waals surface area contributed by atoms with E-state index in [4.69, 9.17) is 0 Å². The number of hydrogen-bond donors (Lipinski definition) is 0. The van der Waals surface area contributed by atoms with Crippen molar-refractivity contribution in [2.75, 3.05) is 0 Å². The Balaban J connectivity index is 1.71. The van der Waals surface area contributed by atoms with E-state index in [-0.39, 0.29) is 16.7 Å². The van der Waals surface area contributed by atoms with Gasteiger partial charge >= 0.3 is 0 Å². The first-order valence-electron chi connectivity index (χ1n) is 13.9. The summed E-state index contributed by atoms with van der Waals surface area (Å²) in [4.78, 5) is 11.7. The van der Waals surface area contributed by atoms with Crippen LogP contribution < -0.4 is 0 Å². The van der Waals surface area contributed by atoms with Crippen molar-refractivity contribution in [2.24, 2.45) is 0 Å². The fourth-order valence-electron chi connectivity index (χ4n) is 5.66. The molecule has 8 heteroatoms. The van der Waals surface area contributed by atoms with Crippen LogP contribution in [0.25, 0.3) is 44.4 Å². The molecule has 0 bridgehead atoms. The van der Waals surface area contributed by atoms with Crippen molar-refractivity contribution in [3.8, 4) is 45.6 Å². The topological polar surface area (TPSA) is 86.7 Å². The first-order chi connectivity index (χ1) is 21.9. The third-order valence-electron chi connectivity index (χ3n) is 7.72. The molecular weight excluding hydrogens is 588 g/mol. The summed E-state index contributed by atoms with van der Waals surface area (Å²) in [5.41, 5.74) is 6.26. The van der Waals surface area contributed by atoms with E-state index in [1.807, 2.05) is 49.4 Å². The van der Waals surface area contributed by atoms with Gasteiger partial charge in [0.05, 0.1) is 39.4 Å². The predicted octanol–water partition coefficient (Wildman–Crippen LogP) is 9.02. The highest BCUT2D eigenvalue weighted by Crippen LogP contribution is 2.45. The average molecular weight is 612 g/mol. The van der Waals surface area contributed by atoms with Gasteiger partial charge in [0.2, 0.25) is 0 Å². The average Bonchev–Trinajstić information content (AvgIpc) is 3.42. The van der Waals surface area contributed by atoms with Crippen LogP contribution in [0.2, 0.25) is 0 Å². The molecule has 1 unspecified atom stereocenters. The van der Waals surface area contributed by atoms with Gasteiger partial charge in [-0.3, -0.25) is 8.77 Å². The number of rotatable bonds is 7. The Bertz CT molecular complexity index is 2190. The van der Waals surface area contributed by atoms with Crippen molar-refractivity contribution >= 4 is 28.2 Å². The summed E-state index contributed by atoms with van der Waals surface area (Å²) < 4.78 is 42.8. The highest BCUT2D eigenvalue weighted by Gasteiger charge is 2.27. The molecule has 1 atom stereocenters. The fourth-order valence-corrected chi connectivity index (χ4v) is 6.94. The molecule has 0 saturated heterocycles. The van der Waals surface area contributed by atoms with Crippen LogP contribution in [-0.2, 0) is 11.0 Å². The van der Waals surface area contributed by atoms with E-state index in [1.54, 1.807) is 46.4 Å². The SMILES string of the molecule is Cc1cc(C=O)ccc1-c1cccc(-c2c(-c3c(C#N)cccc3C#N)c3ccccc3n2S(=O)c2ccc(C(F)F)cc2)c1. The van der Waals surface area contributed by atoms with Crippen molar-refractivity contribution in [3.63, 3.8) is 0 Å². The molecule has 0 fully saturated rings. The molecular formula is C37H23F2N3O2S. The van der Waals surface area contributed by atoms with Gasteiger partial charge in [-0.05, 0) is 66.1 Å². The molecule has 5 nitrogen and oxygen atoms in total. The highest BCUT2D eigenvalue weighted by atomic mass is 32.2. The Kier molecular flexibility index (Phi) is 7.91. The van der Waals surface area contributed by atoms with E-state index in [0.717, 1.165) is 23.0 Å². The molecule has 218 valence electrons. The molecule has 0 aliphatic heterocycles. The lowest BCUT2D eigenvalue weighted by Crippen LogP contribution is -2.07. The maximum absolute atomic E-state index is 14.5. The maximum atomic E-state index is 14.5. The number of nitrogens with zero attached hydrogens (tertiary/aromatic N) is 3. The normalized spacial score (nSPS) is 11.7. The number of benzene rings is 5. The molecule has 0 aliphatic rings. The molecule has 0 spiro atoms. The van der Waals surface area contributed by atoms with Gasteiger partial charge in [0.15, 0.2) is 11.0 Å². The van der Waals surface area contributed by atoms with Crippen LogP contribution in [0.15, 0.2) is 114 Å². The van der Waals surface area contributed by atoms with Gasteiger partial charge in [-0.1, -0.05) is 66.7 Å². The molecule has 0 radical (unpaired) electrons. The molecule has 5 aromatic carbocycles. The molecule has 0 N–H and O–H groups in total. The van der Waals surface area contributed by atoms with Gasteiger partial charge in [-0.25, -0.2) is 13.0 Å². The molecule has 0 saturated carbocycles. The van der Waals surface area contributed by atoms with Crippen LogP contribution in [0.4, 0.5) is 8.78 Å². The number of para-hydroxylation sites is 1. The van der Waals surface area contributed by atoms with Crippen LogP contribution in [0, 0.1) is 29.6 Å². The lowest BCUT2D eigenvalue weighted by Gasteiger charge is -2.16. The standard InChI is InChI=1S/C37H23F2N3O2S/c1-23-18-24(22-43)12-17-31(23)26-6-4-7-27(19-26)36-35(34-28(20-40)8-5-9-29(34)21-41)32-10-2-3-11-33(32)42(36)45(44)30-15-13-25(14-16-30)37(38)39/h2-19,22,37H,1H3. The van der Waals surface area contributed by atoms with Crippen LogP contribution in [0.3, 0.4) is 0 Å². The van der Waals surface area contributed by atoms with Gasteiger partial charge in [-0.15, -0.1) is 0 Å². The minimum absolute atomic E-state index is 0.181. The Labute approximate surface area is 260 Å². The largest absolute Gasteiger partial charge is 0.298 e. The van der Waals surface area contributed by atoms with Crippen molar-refractivity contribution in [2.45, 2.75) is 18.2 Å². The van der Waals surface area contributed by atoms with Crippen molar-refractivity contribution in [1.29, 1.82) is 10.5 Å². The summed E-state index contributed by atoms with van der Waals surface area (Å²) >= 11 is 0. The van der Waals surface area contributed by atoms with Gasteiger partial charge in [0.25, 0.3) is 6.43 Å². The lowest BCUT2D eigenvalue weighted by atomic mass is 9.90. The van der Waals surface area contributed by atoms with Gasteiger partial charge in [0.1, 0.15) is 6.29 Å². The second-order valence-electron chi connectivity index (χ2n) is 10.4. The van der Waals surface area contributed by atoms with Crippen LogP contribution in [0.5, 0.6) is 0 Å². The smallest absolute Gasteiger partial charge is 0.263 e. The molecule has 0 amide bonds. The van der Waals surface area contributed by atoms with Gasteiger partial charge < -0.3 is 0 Å². The van der Waals surface area contributed by atoms with E-state index in [2.05, 4.69) is 12.1 Å². The van der Waals surface area contributed by atoms with E-state index in [0.29, 0.717) is 43.7 Å². The molecule has 6 aromatic rings. The second kappa shape index (κ2) is 12.1. The van der Waals surface area contributed by atoms with Crippen LogP contribution in [0.1, 0.15) is 39.0 Å². The van der Waals surface area contributed by atoms with E-state index in [1.165, 1.54) is 24.3 Å². The number of nitriles is 2. The third-order valence-corrected chi connectivity index (χ3v) is 9.11. The van der Waals surface area contributed by atoms with Crippen molar-refractivity contribution in [3.05, 3.63) is 137 Å². The summed E-state index contributed by atoms with van der Waals surface area (Å²) in [6, 6.07) is 35.0. The fraction of sp³-hybridized carbons (Fsp3) is 0.0541. The van der Waals surface area contributed by atoms with E-state index >= 15 is 0 Å². The Morgan fingerprint density at radius 1 is 0.778 bits per heavy atom. The van der Waals surface area contributed by atoms with Crippen molar-refractivity contribution < 1.29 is 17.8 Å². The Morgan fingerprint density at radius 2 is 1.44 bits per heavy atom. The molecule has 6 rings (SSSR count). The number of alkyl halides is 2. The minimum atomic E-state index is -2.67. The van der Waals surface area contributed by atoms with E-state index in [9.17, 15) is 28.3 Å². The number of carbonyl (C=O) groups excluding carboxylic acids is 1. The Morgan fingerprint density at radius 3 is 2.09 bits per heavy atom. The zero-order valence-electron chi connectivity index (χ0n) is 23.9. The number of carbonyl (C=O) groups is 1. The van der Waals surface area contributed by atoms with Gasteiger partial charge in [0, 0.05) is 33.2 Å². The molecule has 1 heterocycles. The number of fused-ring (bicyclic) bond motifs is 1. The number of halogens is 2. The number of aldehydes is 1. The maximum Gasteiger partial charge on any atom is 0.263 e. The summed E-state index contributed by atoms with van der Waals surface area (Å²) in [6.07, 6.45) is -1.87. The first kappa shape index (κ1) is 29.4. The minimum Gasteiger partial charge on any atom is -0.298 e.